The number of carbonyl (C=O) groups is 1. The smallest absolute Gasteiger partial charge is 0.336 e. The fraction of sp³-hybridized carbons (Fsp3) is 0.200. The first-order valence-electron chi connectivity index (χ1n) is 6.06. The van der Waals surface area contributed by atoms with Crippen molar-refractivity contribution >= 4 is 16.9 Å². The number of benzene rings is 1. The van der Waals surface area contributed by atoms with Crippen LogP contribution in [0.25, 0.3) is 11.0 Å². The van der Waals surface area contributed by atoms with E-state index in [0.717, 1.165) is 0 Å². The van der Waals surface area contributed by atoms with E-state index in [1.165, 1.54) is 0 Å². The molecule has 0 bridgehead atoms. The number of fused-ring (bicyclic) bond motifs is 1. The maximum absolute atomic E-state index is 11.4. The molecule has 102 valence electrons. The highest BCUT2D eigenvalue weighted by Gasteiger charge is 2.17. The molecule has 0 saturated carbocycles. The van der Waals surface area contributed by atoms with Crippen molar-refractivity contribution in [2.45, 2.75) is 6.92 Å². The standard InChI is InChI=1S/C15H13NO4/c1-3-18-15(17)10(2)9-19-14-11-6-4-5-7-12(11)20-13(14)8-16/h4-7H,2-3,9H2,1H3. The second-order valence-corrected chi connectivity index (χ2v) is 3.98. The molecule has 1 aromatic carbocycles. The summed E-state index contributed by atoms with van der Waals surface area (Å²) in [5.74, 6) is -0.129. The molecule has 0 radical (unpaired) electrons. The van der Waals surface area contributed by atoms with Crippen LogP contribution in [0.15, 0.2) is 40.8 Å². The minimum atomic E-state index is -0.515. The summed E-state index contributed by atoms with van der Waals surface area (Å²) < 4.78 is 15.7. The van der Waals surface area contributed by atoms with Gasteiger partial charge in [0, 0.05) is 0 Å². The molecule has 0 aliphatic rings. The van der Waals surface area contributed by atoms with Gasteiger partial charge in [-0.2, -0.15) is 5.26 Å². The Morgan fingerprint density at radius 1 is 1.45 bits per heavy atom. The van der Waals surface area contributed by atoms with E-state index in [-0.39, 0.29) is 24.5 Å². The van der Waals surface area contributed by atoms with Crippen LogP contribution in [0, 0.1) is 11.3 Å². The Kier molecular flexibility index (Phi) is 4.06. The first-order valence-corrected chi connectivity index (χ1v) is 6.06. The summed E-state index contributed by atoms with van der Waals surface area (Å²) in [4.78, 5) is 11.4. The Morgan fingerprint density at radius 2 is 2.20 bits per heavy atom. The lowest BCUT2D eigenvalue weighted by Crippen LogP contribution is -2.13. The summed E-state index contributed by atoms with van der Waals surface area (Å²) in [6.45, 7) is 5.52. The lowest BCUT2D eigenvalue weighted by molar-refractivity contribution is -0.138. The molecular weight excluding hydrogens is 258 g/mol. The van der Waals surface area contributed by atoms with Gasteiger partial charge in [-0.25, -0.2) is 4.79 Å². The van der Waals surface area contributed by atoms with Crippen LogP contribution in [-0.2, 0) is 9.53 Å². The van der Waals surface area contributed by atoms with Crippen LogP contribution >= 0.6 is 0 Å². The zero-order valence-corrected chi connectivity index (χ0v) is 11.0. The minimum absolute atomic E-state index is 0.0585. The van der Waals surface area contributed by atoms with Crippen LogP contribution < -0.4 is 4.74 Å². The van der Waals surface area contributed by atoms with Crippen molar-refractivity contribution in [3.63, 3.8) is 0 Å². The summed E-state index contributed by atoms with van der Waals surface area (Å²) in [6, 6.07) is 9.06. The van der Waals surface area contributed by atoms with Crippen molar-refractivity contribution in [1.82, 2.24) is 0 Å². The predicted molar refractivity (Wildman–Crippen MR) is 72.2 cm³/mol. The third-order valence-electron chi connectivity index (χ3n) is 2.61. The number of carbonyl (C=O) groups excluding carboxylic acids is 1. The Hall–Kier alpha value is -2.74. The lowest BCUT2D eigenvalue weighted by Gasteiger charge is -2.07. The summed E-state index contributed by atoms with van der Waals surface area (Å²) >= 11 is 0. The van der Waals surface area contributed by atoms with E-state index < -0.39 is 5.97 Å². The van der Waals surface area contributed by atoms with Crippen molar-refractivity contribution in [2.75, 3.05) is 13.2 Å². The number of hydrogen-bond donors (Lipinski definition) is 0. The third kappa shape index (κ3) is 2.64. The fourth-order valence-corrected chi connectivity index (χ4v) is 1.69. The molecular formula is C15H13NO4. The molecule has 1 heterocycles. The van der Waals surface area contributed by atoms with Gasteiger partial charge in [-0.05, 0) is 19.1 Å². The van der Waals surface area contributed by atoms with Crippen LogP contribution in [0.3, 0.4) is 0 Å². The monoisotopic (exact) mass is 271 g/mol. The number of nitrogens with zero attached hydrogens (tertiary/aromatic N) is 1. The van der Waals surface area contributed by atoms with E-state index in [4.69, 9.17) is 19.2 Å². The third-order valence-corrected chi connectivity index (χ3v) is 2.61. The quantitative estimate of drug-likeness (QED) is 0.617. The maximum Gasteiger partial charge on any atom is 0.336 e. The molecule has 0 aliphatic heterocycles. The Labute approximate surface area is 116 Å². The second-order valence-electron chi connectivity index (χ2n) is 3.98. The Morgan fingerprint density at radius 3 is 2.90 bits per heavy atom. The predicted octanol–water partition coefficient (Wildman–Crippen LogP) is 2.80. The lowest BCUT2D eigenvalue weighted by atomic mass is 10.2. The molecule has 0 aliphatic carbocycles. The minimum Gasteiger partial charge on any atom is -0.483 e. The highest BCUT2D eigenvalue weighted by molar-refractivity contribution is 5.89. The molecule has 5 heteroatoms. The molecule has 5 nitrogen and oxygen atoms in total. The number of hydrogen-bond acceptors (Lipinski definition) is 5. The first kappa shape index (κ1) is 13.7. The van der Waals surface area contributed by atoms with Gasteiger partial charge in [0.25, 0.3) is 0 Å². The number of ether oxygens (including phenoxy) is 2. The van der Waals surface area contributed by atoms with Gasteiger partial charge in [-0.1, -0.05) is 18.7 Å². The summed E-state index contributed by atoms with van der Waals surface area (Å²) in [6.07, 6.45) is 0. The number of esters is 1. The molecule has 0 N–H and O–H groups in total. The molecule has 20 heavy (non-hydrogen) atoms. The van der Waals surface area contributed by atoms with Gasteiger partial charge in [-0.3, -0.25) is 0 Å². The van der Waals surface area contributed by atoms with Crippen molar-refractivity contribution in [2.24, 2.45) is 0 Å². The number of para-hydroxylation sites is 1. The van der Waals surface area contributed by atoms with E-state index in [2.05, 4.69) is 6.58 Å². The Bertz CT molecular complexity index is 693. The maximum atomic E-state index is 11.4. The van der Waals surface area contributed by atoms with Crippen LogP contribution in [0.4, 0.5) is 0 Å². The first-order chi connectivity index (χ1) is 9.67. The molecule has 0 fully saturated rings. The average molecular weight is 271 g/mol. The molecule has 2 aromatic rings. The number of rotatable bonds is 5. The molecule has 0 atom stereocenters. The second kappa shape index (κ2) is 5.93. The number of furan rings is 1. The van der Waals surface area contributed by atoms with Gasteiger partial charge in [0.1, 0.15) is 18.3 Å². The molecule has 0 saturated heterocycles. The molecule has 0 unspecified atom stereocenters. The normalized spacial score (nSPS) is 10.0. The summed E-state index contributed by atoms with van der Waals surface area (Å²) in [7, 11) is 0. The topological polar surface area (TPSA) is 72.5 Å². The molecule has 1 aromatic heterocycles. The molecule has 0 spiro atoms. The van der Waals surface area contributed by atoms with E-state index in [9.17, 15) is 4.79 Å². The zero-order chi connectivity index (χ0) is 14.5. The molecule has 2 rings (SSSR count). The fourth-order valence-electron chi connectivity index (χ4n) is 1.69. The van der Waals surface area contributed by atoms with Crippen LogP contribution in [0.5, 0.6) is 5.75 Å². The Balaban J connectivity index is 2.19. The van der Waals surface area contributed by atoms with Crippen LogP contribution in [0.1, 0.15) is 12.7 Å². The van der Waals surface area contributed by atoms with E-state index in [1.54, 1.807) is 25.1 Å². The SMILES string of the molecule is C=C(COc1c(C#N)oc2ccccc12)C(=O)OCC. The average Bonchev–Trinajstić information content (AvgIpc) is 2.82. The number of nitriles is 1. The van der Waals surface area contributed by atoms with Gasteiger partial charge >= 0.3 is 5.97 Å². The van der Waals surface area contributed by atoms with E-state index >= 15 is 0 Å². The zero-order valence-electron chi connectivity index (χ0n) is 11.0. The van der Waals surface area contributed by atoms with Gasteiger partial charge < -0.3 is 13.9 Å². The van der Waals surface area contributed by atoms with Crippen LogP contribution in [0.2, 0.25) is 0 Å². The molecule has 0 amide bonds. The van der Waals surface area contributed by atoms with Gasteiger partial charge in [0.15, 0.2) is 5.75 Å². The summed E-state index contributed by atoms with van der Waals surface area (Å²) in [5, 5.41) is 9.72. The van der Waals surface area contributed by atoms with Crippen molar-refractivity contribution < 1.29 is 18.7 Å². The van der Waals surface area contributed by atoms with Crippen molar-refractivity contribution in [3.05, 3.63) is 42.2 Å². The summed E-state index contributed by atoms with van der Waals surface area (Å²) in [5.41, 5.74) is 0.738. The van der Waals surface area contributed by atoms with Gasteiger partial charge in [0.2, 0.25) is 5.76 Å². The van der Waals surface area contributed by atoms with E-state index in [1.807, 2.05) is 12.1 Å². The van der Waals surface area contributed by atoms with Gasteiger partial charge in [-0.15, -0.1) is 0 Å². The van der Waals surface area contributed by atoms with Crippen LogP contribution in [-0.4, -0.2) is 19.2 Å². The van der Waals surface area contributed by atoms with Gasteiger partial charge in [0.05, 0.1) is 17.6 Å². The highest BCUT2D eigenvalue weighted by Crippen LogP contribution is 2.32. The largest absolute Gasteiger partial charge is 0.483 e. The van der Waals surface area contributed by atoms with Crippen molar-refractivity contribution in [1.29, 1.82) is 5.26 Å². The van der Waals surface area contributed by atoms with Crippen molar-refractivity contribution in [3.8, 4) is 11.8 Å². The van der Waals surface area contributed by atoms with E-state index in [0.29, 0.717) is 16.7 Å². The highest BCUT2D eigenvalue weighted by atomic mass is 16.5.